The lowest BCUT2D eigenvalue weighted by Gasteiger charge is -2.36. The van der Waals surface area contributed by atoms with Crippen molar-refractivity contribution in [3.63, 3.8) is 0 Å². The predicted octanol–water partition coefficient (Wildman–Crippen LogP) is 0.224. The number of hydrogen-bond donors (Lipinski definition) is 1. The monoisotopic (exact) mass is 263 g/mol. The lowest BCUT2D eigenvalue weighted by molar-refractivity contribution is 0.229. The molecule has 0 atom stereocenters. The van der Waals surface area contributed by atoms with Crippen molar-refractivity contribution >= 4 is 5.82 Å². The summed E-state index contributed by atoms with van der Waals surface area (Å²) in [6, 6.07) is 4.03. The van der Waals surface area contributed by atoms with Crippen molar-refractivity contribution in [1.29, 1.82) is 0 Å². The molecule has 1 saturated heterocycles. The van der Waals surface area contributed by atoms with Crippen LogP contribution in [0.25, 0.3) is 0 Å². The van der Waals surface area contributed by atoms with Gasteiger partial charge in [0.2, 0.25) is 0 Å². The summed E-state index contributed by atoms with van der Waals surface area (Å²) in [6.07, 6.45) is 1.85. The van der Waals surface area contributed by atoms with E-state index in [-0.39, 0.29) is 0 Å². The largest absolute Gasteiger partial charge is 0.354 e. The van der Waals surface area contributed by atoms with Crippen LogP contribution in [0.15, 0.2) is 18.3 Å². The molecule has 2 rings (SSSR count). The van der Waals surface area contributed by atoms with Gasteiger partial charge in [-0.3, -0.25) is 4.90 Å². The molecular weight excluding hydrogens is 238 g/mol. The predicted molar refractivity (Wildman–Crippen MR) is 79.3 cm³/mol. The average molecular weight is 263 g/mol. The number of likely N-dealkylation sites (N-methyl/N-ethyl adjacent to an activating group) is 1. The summed E-state index contributed by atoms with van der Waals surface area (Å²) in [5.74, 6) is 1.07. The molecule has 0 saturated carbocycles. The minimum atomic E-state index is 0.560. The minimum absolute atomic E-state index is 0.560. The molecule has 106 valence electrons. The van der Waals surface area contributed by atoms with E-state index >= 15 is 0 Å². The van der Waals surface area contributed by atoms with Gasteiger partial charge in [0.25, 0.3) is 0 Å². The molecule has 0 aliphatic carbocycles. The fourth-order valence-corrected chi connectivity index (χ4v) is 2.40. The topological polar surface area (TPSA) is 48.6 Å². The van der Waals surface area contributed by atoms with Gasteiger partial charge in [0.1, 0.15) is 5.82 Å². The third kappa shape index (κ3) is 3.89. The van der Waals surface area contributed by atoms with Crippen LogP contribution in [0.2, 0.25) is 0 Å². The zero-order valence-electron chi connectivity index (χ0n) is 12.0. The maximum atomic E-state index is 5.78. The Bertz CT molecular complexity index is 385. The summed E-state index contributed by atoms with van der Waals surface area (Å²) in [4.78, 5) is 11.6. The summed E-state index contributed by atoms with van der Waals surface area (Å²) in [5, 5.41) is 0. The lowest BCUT2D eigenvalue weighted by atomic mass is 10.2. The smallest absolute Gasteiger partial charge is 0.133 e. The Balaban J connectivity index is 1.89. The Morgan fingerprint density at radius 1 is 1.26 bits per heavy atom. The number of nitrogens with zero attached hydrogens (tertiary/aromatic N) is 4. The molecule has 2 heterocycles. The van der Waals surface area contributed by atoms with Crippen LogP contribution in [-0.2, 0) is 6.54 Å². The van der Waals surface area contributed by atoms with Gasteiger partial charge in [-0.05, 0) is 20.2 Å². The van der Waals surface area contributed by atoms with Crippen molar-refractivity contribution in [1.82, 2.24) is 14.8 Å². The van der Waals surface area contributed by atoms with Gasteiger partial charge in [0, 0.05) is 57.6 Å². The molecule has 5 nitrogen and oxygen atoms in total. The molecule has 1 aliphatic heterocycles. The van der Waals surface area contributed by atoms with E-state index in [1.165, 1.54) is 0 Å². The normalized spacial score (nSPS) is 17.2. The Labute approximate surface area is 116 Å². The van der Waals surface area contributed by atoms with E-state index < -0.39 is 0 Å². The van der Waals surface area contributed by atoms with Crippen LogP contribution in [-0.4, -0.2) is 68.1 Å². The highest BCUT2D eigenvalue weighted by molar-refractivity contribution is 5.47. The molecule has 1 aromatic rings. The number of hydrogen-bond acceptors (Lipinski definition) is 5. The first kappa shape index (κ1) is 14.2. The first-order valence-electron chi connectivity index (χ1n) is 6.96. The van der Waals surface area contributed by atoms with Gasteiger partial charge >= 0.3 is 0 Å². The molecule has 1 aliphatic rings. The Hall–Kier alpha value is -1.17. The van der Waals surface area contributed by atoms with E-state index in [1.54, 1.807) is 0 Å². The van der Waals surface area contributed by atoms with Gasteiger partial charge in [0.15, 0.2) is 0 Å². The minimum Gasteiger partial charge on any atom is -0.354 e. The summed E-state index contributed by atoms with van der Waals surface area (Å²) in [6.45, 7) is 7.12. The number of anilines is 1. The molecule has 1 fully saturated rings. The molecule has 0 spiro atoms. The molecule has 0 bridgehead atoms. The first-order chi connectivity index (χ1) is 9.20. The average Bonchev–Trinajstić information content (AvgIpc) is 2.45. The van der Waals surface area contributed by atoms with E-state index in [2.05, 4.69) is 39.8 Å². The molecule has 0 aromatic carbocycles. The third-order valence-electron chi connectivity index (χ3n) is 3.62. The van der Waals surface area contributed by atoms with Crippen molar-refractivity contribution < 1.29 is 0 Å². The van der Waals surface area contributed by atoms with Crippen LogP contribution in [0, 0.1) is 0 Å². The van der Waals surface area contributed by atoms with Crippen LogP contribution in [0.4, 0.5) is 5.82 Å². The highest BCUT2D eigenvalue weighted by Gasteiger charge is 2.19. The molecule has 0 radical (unpaired) electrons. The maximum absolute atomic E-state index is 5.78. The van der Waals surface area contributed by atoms with Crippen molar-refractivity contribution in [2.45, 2.75) is 6.54 Å². The Kier molecular flexibility index (Phi) is 5.13. The number of nitrogens with two attached hydrogens (primary N) is 1. The fourth-order valence-electron chi connectivity index (χ4n) is 2.40. The second kappa shape index (κ2) is 6.84. The molecule has 0 amide bonds. The zero-order valence-corrected chi connectivity index (χ0v) is 12.0. The van der Waals surface area contributed by atoms with Gasteiger partial charge in [-0.1, -0.05) is 6.07 Å². The van der Waals surface area contributed by atoms with E-state index in [0.717, 1.165) is 50.6 Å². The molecule has 2 N–H and O–H groups in total. The van der Waals surface area contributed by atoms with E-state index in [4.69, 9.17) is 5.73 Å². The summed E-state index contributed by atoms with van der Waals surface area (Å²) < 4.78 is 0. The van der Waals surface area contributed by atoms with Gasteiger partial charge in [0.05, 0.1) is 0 Å². The summed E-state index contributed by atoms with van der Waals surface area (Å²) >= 11 is 0. The van der Waals surface area contributed by atoms with Crippen LogP contribution in [0.1, 0.15) is 5.56 Å². The molecule has 5 heteroatoms. The Morgan fingerprint density at radius 2 is 2.00 bits per heavy atom. The lowest BCUT2D eigenvalue weighted by Crippen LogP contribution is -2.48. The van der Waals surface area contributed by atoms with Gasteiger partial charge in [-0.2, -0.15) is 0 Å². The van der Waals surface area contributed by atoms with Crippen LogP contribution >= 0.6 is 0 Å². The van der Waals surface area contributed by atoms with Gasteiger partial charge in [-0.15, -0.1) is 0 Å². The second-order valence-electron chi connectivity index (χ2n) is 5.32. The number of aromatic nitrogens is 1. The van der Waals surface area contributed by atoms with E-state index in [1.807, 2.05) is 12.3 Å². The number of rotatable bonds is 5. The highest BCUT2D eigenvalue weighted by Crippen LogP contribution is 2.18. The van der Waals surface area contributed by atoms with Crippen molar-refractivity contribution in [3.05, 3.63) is 23.9 Å². The summed E-state index contributed by atoms with van der Waals surface area (Å²) in [5.41, 5.74) is 6.93. The number of pyridine rings is 1. The molecule has 1 aromatic heterocycles. The van der Waals surface area contributed by atoms with E-state index in [0.29, 0.717) is 6.54 Å². The first-order valence-corrected chi connectivity index (χ1v) is 6.96. The SMILES string of the molecule is CN(C)CCN1CCN(c2ncccc2CN)CC1. The van der Waals surface area contributed by atoms with Crippen LogP contribution in [0.3, 0.4) is 0 Å². The van der Waals surface area contributed by atoms with Gasteiger partial charge in [-0.25, -0.2) is 4.98 Å². The second-order valence-corrected chi connectivity index (χ2v) is 5.32. The molecule has 19 heavy (non-hydrogen) atoms. The van der Waals surface area contributed by atoms with Crippen molar-refractivity contribution in [2.75, 3.05) is 58.3 Å². The quantitative estimate of drug-likeness (QED) is 0.824. The summed E-state index contributed by atoms with van der Waals surface area (Å²) in [7, 11) is 4.25. The number of piperazine rings is 1. The van der Waals surface area contributed by atoms with Crippen LogP contribution in [0.5, 0.6) is 0 Å². The standard InChI is InChI=1S/C14H25N5/c1-17(2)6-7-18-8-10-19(11-9-18)14-13(12-15)4-3-5-16-14/h3-5H,6-12,15H2,1-2H3. The van der Waals surface area contributed by atoms with Gasteiger partial charge < -0.3 is 15.5 Å². The zero-order chi connectivity index (χ0) is 13.7. The van der Waals surface area contributed by atoms with Crippen molar-refractivity contribution in [2.24, 2.45) is 5.73 Å². The van der Waals surface area contributed by atoms with Crippen LogP contribution < -0.4 is 10.6 Å². The maximum Gasteiger partial charge on any atom is 0.133 e. The van der Waals surface area contributed by atoms with Crippen molar-refractivity contribution in [3.8, 4) is 0 Å². The third-order valence-corrected chi connectivity index (χ3v) is 3.62. The fraction of sp³-hybridized carbons (Fsp3) is 0.643. The Morgan fingerprint density at radius 3 is 2.63 bits per heavy atom. The molecular formula is C14H25N5. The molecule has 0 unspecified atom stereocenters. The highest BCUT2D eigenvalue weighted by atomic mass is 15.3. The van der Waals surface area contributed by atoms with E-state index in [9.17, 15) is 0 Å².